The fourth-order valence-electron chi connectivity index (χ4n) is 3.38. The summed E-state index contributed by atoms with van der Waals surface area (Å²) in [5.41, 5.74) is 9.40. The van der Waals surface area contributed by atoms with E-state index in [0.29, 0.717) is 5.92 Å². The normalized spacial score (nSPS) is 19.5. The van der Waals surface area contributed by atoms with Crippen LogP contribution in [0, 0.1) is 11.3 Å². The van der Waals surface area contributed by atoms with Crippen molar-refractivity contribution in [2.24, 2.45) is 5.92 Å². The lowest BCUT2D eigenvalue weighted by atomic mass is 9.77. The molecule has 0 bridgehead atoms. The fourth-order valence-corrected chi connectivity index (χ4v) is 3.38. The molecule has 0 saturated heterocycles. The van der Waals surface area contributed by atoms with Gasteiger partial charge < -0.3 is 5.41 Å². The van der Waals surface area contributed by atoms with Crippen LogP contribution in [-0.2, 0) is 5.41 Å². The molecule has 0 spiro atoms. The van der Waals surface area contributed by atoms with Crippen molar-refractivity contribution in [2.75, 3.05) is 0 Å². The maximum Gasteiger partial charge on any atom is 0.0256 e. The van der Waals surface area contributed by atoms with Gasteiger partial charge in [-0.25, -0.2) is 0 Å². The lowest BCUT2D eigenvalue weighted by Gasteiger charge is -2.27. The molecule has 1 heteroatoms. The molecule has 1 aromatic carbocycles. The molecule has 0 aliphatic heterocycles. The topological polar surface area (TPSA) is 23.9 Å². The summed E-state index contributed by atoms with van der Waals surface area (Å²) in [6, 6.07) is 6.36. The van der Waals surface area contributed by atoms with Crippen LogP contribution < -0.4 is 0 Å². The van der Waals surface area contributed by atoms with Gasteiger partial charge in [0.05, 0.1) is 0 Å². The highest BCUT2D eigenvalue weighted by molar-refractivity contribution is 5.92. The first-order chi connectivity index (χ1) is 9.70. The lowest BCUT2D eigenvalue weighted by molar-refractivity contribution is 0.587. The van der Waals surface area contributed by atoms with E-state index in [2.05, 4.69) is 66.7 Å². The zero-order chi connectivity index (χ0) is 15.9. The maximum atomic E-state index is 7.82. The molecular formula is C20H27N. The van der Waals surface area contributed by atoms with Gasteiger partial charge in [-0.15, -0.1) is 0 Å². The maximum absolute atomic E-state index is 7.82. The van der Waals surface area contributed by atoms with Crippen LogP contribution >= 0.6 is 0 Å². The van der Waals surface area contributed by atoms with E-state index in [-0.39, 0.29) is 5.41 Å². The van der Waals surface area contributed by atoms with Crippen molar-refractivity contribution in [2.45, 2.75) is 53.9 Å². The van der Waals surface area contributed by atoms with Gasteiger partial charge in [0.15, 0.2) is 0 Å². The molecule has 1 aliphatic rings. The summed E-state index contributed by atoms with van der Waals surface area (Å²) < 4.78 is 0. The smallest absolute Gasteiger partial charge is 0.0256 e. The van der Waals surface area contributed by atoms with Crippen LogP contribution in [0.15, 0.2) is 34.9 Å². The average molecular weight is 281 g/mol. The molecule has 112 valence electrons. The molecule has 1 atom stereocenters. The van der Waals surface area contributed by atoms with Gasteiger partial charge in [-0.05, 0) is 59.6 Å². The molecule has 1 N–H and O–H groups in total. The van der Waals surface area contributed by atoms with Crippen molar-refractivity contribution < 1.29 is 0 Å². The van der Waals surface area contributed by atoms with Gasteiger partial charge >= 0.3 is 0 Å². The molecule has 1 aromatic rings. The number of allylic oxidation sites excluding steroid dienone is 4. The summed E-state index contributed by atoms with van der Waals surface area (Å²) in [5.74, 6) is 0.437. The molecule has 2 rings (SSSR count). The van der Waals surface area contributed by atoms with Crippen molar-refractivity contribution in [3.05, 3.63) is 51.6 Å². The molecule has 0 saturated carbocycles. The molecular weight excluding hydrogens is 254 g/mol. The van der Waals surface area contributed by atoms with Gasteiger partial charge in [0.25, 0.3) is 0 Å². The Morgan fingerprint density at radius 1 is 1.05 bits per heavy atom. The summed E-state index contributed by atoms with van der Waals surface area (Å²) in [6.45, 7) is 15.7. The molecule has 0 aromatic heterocycles. The third-order valence-electron chi connectivity index (χ3n) is 4.97. The van der Waals surface area contributed by atoms with Crippen LogP contribution in [0.5, 0.6) is 0 Å². The molecule has 0 heterocycles. The highest BCUT2D eigenvalue weighted by Gasteiger charge is 2.30. The monoisotopic (exact) mass is 281 g/mol. The van der Waals surface area contributed by atoms with Crippen LogP contribution in [0.4, 0.5) is 0 Å². The second kappa shape index (κ2) is 5.29. The second-order valence-corrected chi connectivity index (χ2v) is 7.23. The fraction of sp³-hybridized carbons (Fsp3) is 0.450. The SMILES string of the molecule is CC1=C(C)C(C)C(c2c(C=N)cccc2C(C)(C)C)=C1C. The summed E-state index contributed by atoms with van der Waals surface area (Å²) in [4.78, 5) is 0. The van der Waals surface area contributed by atoms with Gasteiger partial charge in [0.1, 0.15) is 0 Å². The minimum absolute atomic E-state index is 0.0752. The van der Waals surface area contributed by atoms with Crippen LogP contribution in [0.3, 0.4) is 0 Å². The van der Waals surface area contributed by atoms with E-state index in [1.165, 1.54) is 39.6 Å². The van der Waals surface area contributed by atoms with Crippen LogP contribution in [0.1, 0.15) is 65.2 Å². The van der Waals surface area contributed by atoms with Gasteiger partial charge in [-0.1, -0.05) is 51.5 Å². The molecule has 0 fully saturated rings. The van der Waals surface area contributed by atoms with Crippen LogP contribution in [0.25, 0.3) is 5.57 Å². The molecule has 1 unspecified atom stereocenters. The van der Waals surface area contributed by atoms with Crippen molar-refractivity contribution in [3.63, 3.8) is 0 Å². The Kier molecular flexibility index (Phi) is 3.97. The van der Waals surface area contributed by atoms with Crippen molar-refractivity contribution in [1.29, 1.82) is 5.41 Å². The first-order valence-electron chi connectivity index (χ1n) is 7.73. The van der Waals surface area contributed by atoms with Crippen molar-refractivity contribution in [1.82, 2.24) is 0 Å². The predicted octanol–water partition coefficient (Wildman–Crippen LogP) is 5.74. The molecule has 0 amide bonds. The van der Waals surface area contributed by atoms with Crippen LogP contribution in [-0.4, -0.2) is 6.21 Å². The first kappa shape index (κ1) is 15.8. The Labute approximate surface area is 129 Å². The van der Waals surface area contributed by atoms with Gasteiger partial charge in [0, 0.05) is 12.1 Å². The van der Waals surface area contributed by atoms with E-state index in [9.17, 15) is 0 Å². The van der Waals surface area contributed by atoms with E-state index in [1.807, 2.05) is 0 Å². The Bertz CT molecular complexity index is 651. The predicted molar refractivity (Wildman–Crippen MR) is 93.2 cm³/mol. The van der Waals surface area contributed by atoms with E-state index in [0.717, 1.165) is 5.56 Å². The zero-order valence-corrected chi connectivity index (χ0v) is 14.4. The lowest BCUT2D eigenvalue weighted by Crippen LogP contribution is -2.16. The van der Waals surface area contributed by atoms with Gasteiger partial charge in [-0.2, -0.15) is 0 Å². The minimum Gasteiger partial charge on any atom is -0.308 e. The number of rotatable bonds is 2. The number of hydrogen-bond acceptors (Lipinski definition) is 1. The van der Waals surface area contributed by atoms with Crippen molar-refractivity contribution >= 4 is 11.8 Å². The number of hydrogen-bond donors (Lipinski definition) is 1. The molecule has 0 radical (unpaired) electrons. The zero-order valence-electron chi connectivity index (χ0n) is 14.4. The van der Waals surface area contributed by atoms with Crippen LogP contribution in [0.2, 0.25) is 0 Å². The summed E-state index contributed by atoms with van der Waals surface area (Å²) in [5, 5.41) is 7.82. The Morgan fingerprint density at radius 2 is 1.67 bits per heavy atom. The van der Waals surface area contributed by atoms with Gasteiger partial charge in [-0.3, -0.25) is 0 Å². The van der Waals surface area contributed by atoms with E-state index in [1.54, 1.807) is 0 Å². The Hall–Kier alpha value is -1.63. The largest absolute Gasteiger partial charge is 0.308 e. The Morgan fingerprint density at radius 3 is 2.10 bits per heavy atom. The van der Waals surface area contributed by atoms with E-state index < -0.39 is 0 Å². The third kappa shape index (κ3) is 2.50. The Balaban J connectivity index is 2.79. The highest BCUT2D eigenvalue weighted by Crippen LogP contribution is 2.45. The van der Waals surface area contributed by atoms with Gasteiger partial charge in [0.2, 0.25) is 0 Å². The van der Waals surface area contributed by atoms with E-state index in [4.69, 9.17) is 5.41 Å². The first-order valence-corrected chi connectivity index (χ1v) is 7.73. The molecule has 21 heavy (non-hydrogen) atoms. The standard InChI is InChI=1S/C20H27N/c1-12-13(2)15(4)18(14(12)3)19-16(11-21)9-8-10-17(19)20(5,6)7/h8-11,14,21H,1-7H3. The molecule has 1 aliphatic carbocycles. The average Bonchev–Trinajstić information content (AvgIpc) is 2.61. The second-order valence-electron chi connectivity index (χ2n) is 7.23. The van der Waals surface area contributed by atoms with E-state index >= 15 is 0 Å². The summed E-state index contributed by atoms with van der Waals surface area (Å²) >= 11 is 0. The minimum atomic E-state index is 0.0752. The summed E-state index contributed by atoms with van der Waals surface area (Å²) in [7, 11) is 0. The third-order valence-corrected chi connectivity index (χ3v) is 4.97. The van der Waals surface area contributed by atoms with Crippen molar-refractivity contribution in [3.8, 4) is 0 Å². The highest BCUT2D eigenvalue weighted by atomic mass is 14.4. The summed E-state index contributed by atoms with van der Waals surface area (Å²) in [6.07, 6.45) is 1.50. The number of benzene rings is 1. The molecule has 1 nitrogen and oxygen atoms in total. The quantitative estimate of drug-likeness (QED) is 0.668. The number of nitrogens with one attached hydrogen (secondary N) is 1.